The molecule has 1 aliphatic heterocycles. The minimum atomic E-state index is -4.72. The molecule has 0 bridgehead atoms. The van der Waals surface area contributed by atoms with Gasteiger partial charge in [-0.15, -0.1) is 0 Å². The van der Waals surface area contributed by atoms with E-state index in [0.29, 0.717) is 17.4 Å². The Morgan fingerprint density at radius 1 is 1.32 bits per heavy atom. The molecule has 0 aromatic heterocycles. The molecule has 0 radical (unpaired) electrons. The molecule has 2 rings (SSSR count). The molecule has 1 aromatic carbocycles. The van der Waals surface area contributed by atoms with E-state index in [4.69, 9.17) is 0 Å². The quantitative estimate of drug-likeness (QED) is 0.810. The van der Waals surface area contributed by atoms with Gasteiger partial charge in [-0.1, -0.05) is 19.1 Å². The minimum Gasteiger partial charge on any atom is -0.341 e. The molecule has 5 nitrogen and oxygen atoms in total. The highest BCUT2D eigenvalue weighted by atomic mass is 32.2. The molecular weight excluding hydrogens is 357 g/mol. The molecule has 0 N–H and O–H groups in total. The Morgan fingerprint density at radius 3 is 2.52 bits per heavy atom. The first kappa shape index (κ1) is 19.6. The first-order valence-electron chi connectivity index (χ1n) is 7.92. The molecule has 25 heavy (non-hydrogen) atoms. The molecule has 1 saturated heterocycles. The van der Waals surface area contributed by atoms with Crippen molar-refractivity contribution in [2.24, 2.45) is 5.92 Å². The van der Waals surface area contributed by atoms with Gasteiger partial charge in [-0.25, -0.2) is 8.42 Å². The lowest BCUT2D eigenvalue weighted by molar-refractivity contribution is -0.137. The summed E-state index contributed by atoms with van der Waals surface area (Å²) < 4.78 is 64.4. The van der Waals surface area contributed by atoms with Crippen LogP contribution in [0.1, 0.15) is 25.3 Å². The van der Waals surface area contributed by atoms with Gasteiger partial charge >= 0.3 is 6.18 Å². The number of alkyl halides is 3. The third kappa shape index (κ3) is 4.87. The predicted molar refractivity (Wildman–Crippen MR) is 88.6 cm³/mol. The third-order valence-electron chi connectivity index (χ3n) is 4.17. The fourth-order valence-electron chi connectivity index (χ4n) is 2.95. The van der Waals surface area contributed by atoms with Crippen LogP contribution in [0.3, 0.4) is 0 Å². The highest BCUT2D eigenvalue weighted by Crippen LogP contribution is 2.37. The number of para-hydroxylation sites is 1. The number of sulfonamides is 1. The molecule has 0 saturated carbocycles. The smallest absolute Gasteiger partial charge is 0.341 e. The Morgan fingerprint density at radius 2 is 1.96 bits per heavy atom. The molecule has 140 valence electrons. The van der Waals surface area contributed by atoms with Crippen LogP contribution in [0.15, 0.2) is 24.3 Å². The van der Waals surface area contributed by atoms with Gasteiger partial charge in [-0.05, 0) is 30.9 Å². The number of nitrogens with zero attached hydrogens (tertiary/aromatic N) is 2. The molecule has 1 unspecified atom stereocenters. The monoisotopic (exact) mass is 378 g/mol. The van der Waals surface area contributed by atoms with Gasteiger partial charge in [0.15, 0.2) is 0 Å². The van der Waals surface area contributed by atoms with E-state index in [-0.39, 0.29) is 5.92 Å². The minimum absolute atomic E-state index is 0.284. The molecule has 0 aliphatic carbocycles. The summed E-state index contributed by atoms with van der Waals surface area (Å²) in [5.74, 6) is -0.208. The van der Waals surface area contributed by atoms with Crippen molar-refractivity contribution in [3.8, 4) is 0 Å². The topological polar surface area (TPSA) is 57.7 Å². The number of hydrogen-bond acceptors (Lipinski definition) is 3. The summed E-state index contributed by atoms with van der Waals surface area (Å²) in [5.41, 5.74) is -1.61. The summed E-state index contributed by atoms with van der Waals surface area (Å²) in [7, 11) is -4.06. The Bertz CT molecular complexity index is 734. The first-order chi connectivity index (χ1) is 11.5. The van der Waals surface area contributed by atoms with Crippen LogP contribution in [0.4, 0.5) is 18.9 Å². The van der Waals surface area contributed by atoms with E-state index in [1.54, 1.807) is 0 Å². The number of amides is 1. The summed E-state index contributed by atoms with van der Waals surface area (Å²) >= 11 is 0. The van der Waals surface area contributed by atoms with E-state index in [2.05, 4.69) is 0 Å². The van der Waals surface area contributed by atoms with Gasteiger partial charge in [0.05, 0.1) is 17.5 Å². The molecule has 1 fully saturated rings. The molecule has 1 heterocycles. The standard InChI is InChI=1S/C16H21F3N2O3S/c1-12-6-5-9-20(10-12)15(22)11-21(25(2,23)24)14-8-4-3-7-13(14)16(17,18)19/h3-4,7-8,12H,5-6,9-11H2,1-2H3. The summed E-state index contributed by atoms with van der Waals surface area (Å²) in [4.78, 5) is 14.0. The fourth-order valence-corrected chi connectivity index (χ4v) is 3.81. The van der Waals surface area contributed by atoms with Crippen molar-refractivity contribution in [3.63, 3.8) is 0 Å². The Hall–Kier alpha value is -1.77. The molecule has 1 aliphatic rings. The lowest BCUT2D eigenvalue weighted by Crippen LogP contribution is -2.46. The van der Waals surface area contributed by atoms with Crippen LogP contribution in [0.25, 0.3) is 0 Å². The highest BCUT2D eigenvalue weighted by Gasteiger charge is 2.37. The molecule has 1 atom stereocenters. The molecule has 0 spiro atoms. The number of anilines is 1. The second-order valence-electron chi connectivity index (χ2n) is 6.37. The van der Waals surface area contributed by atoms with Crippen LogP contribution in [0.2, 0.25) is 0 Å². The Balaban J connectivity index is 2.34. The van der Waals surface area contributed by atoms with Crippen molar-refractivity contribution < 1.29 is 26.4 Å². The van der Waals surface area contributed by atoms with Crippen molar-refractivity contribution in [2.75, 3.05) is 30.2 Å². The predicted octanol–water partition coefficient (Wildman–Crippen LogP) is 2.73. The average Bonchev–Trinajstić information content (AvgIpc) is 2.50. The maximum Gasteiger partial charge on any atom is 0.418 e. The van der Waals surface area contributed by atoms with Crippen LogP contribution in [-0.4, -0.2) is 45.1 Å². The van der Waals surface area contributed by atoms with Crippen molar-refractivity contribution >= 4 is 21.6 Å². The van der Waals surface area contributed by atoms with E-state index >= 15 is 0 Å². The van der Waals surface area contributed by atoms with Gasteiger partial charge in [-0.2, -0.15) is 13.2 Å². The maximum atomic E-state index is 13.2. The summed E-state index contributed by atoms with van der Waals surface area (Å²) in [6.45, 7) is 2.31. The van der Waals surface area contributed by atoms with Crippen LogP contribution in [0, 0.1) is 5.92 Å². The van der Waals surface area contributed by atoms with Crippen molar-refractivity contribution in [3.05, 3.63) is 29.8 Å². The van der Waals surface area contributed by atoms with Crippen molar-refractivity contribution in [1.29, 1.82) is 0 Å². The van der Waals surface area contributed by atoms with Crippen LogP contribution >= 0.6 is 0 Å². The number of likely N-dealkylation sites (tertiary alicyclic amines) is 1. The summed E-state index contributed by atoms with van der Waals surface area (Å²) in [6.07, 6.45) is -2.16. The highest BCUT2D eigenvalue weighted by molar-refractivity contribution is 7.92. The summed E-state index contributed by atoms with van der Waals surface area (Å²) in [6, 6.07) is 4.37. The van der Waals surface area contributed by atoms with E-state index < -0.39 is 39.9 Å². The zero-order valence-electron chi connectivity index (χ0n) is 14.1. The maximum absolute atomic E-state index is 13.2. The number of piperidine rings is 1. The number of benzene rings is 1. The number of hydrogen-bond donors (Lipinski definition) is 0. The zero-order valence-corrected chi connectivity index (χ0v) is 14.9. The Kier molecular flexibility index (Phi) is 5.65. The van der Waals surface area contributed by atoms with E-state index in [1.165, 1.54) is 17.0 Å². The average molecular weight is 378 g/mol. The van der Waals surface area contributed by atoms with Gasteiger partial charge in [0.25, 0.3) is 0 Å². The number of halogens is 3. The van der Waals surface area contributed by atoms with Gasteiger partial charge in [0.1, 0.15) is 6.54 Å². The van der Waals surface area contributed by atoms with E-state index in [1.807, 2.05) is 6.92 Å². The Labute approximate surface area is 145 Å². The summed E-state index contributed by atoms with van der Waals surface area (Å²) in [5, 5.41) is 0. The van der Waals surface area contributed by atoms with Gasteiger partial charge in [0, 0.05) is 13.1 Å². The first-order valence-corrected chi connectivity index (χ1v) is 9.76. The molecule has 9 heteroatoms. The largest absolute Gasteiger partial charge is 0.418 e. The van der Waals surface area contributed by atoms with Crippen LogP contribution in [0.5, 0.6) is 0 Å². The normalized spacial score (nSPS) is 18.9. The fraction of sp³-hybridized carbons (Fsp3) is 0.562. The van der Waals surface area contributed by atoms with Crippen molar-refractivity contribution in [2.45, 2.75) is 25.9 Å². The SMILES string of the molecule is CC1CCCN(C(=O)CN(c2ccccc2C(F)(F)F)S(C)(=O)=O)C1. The molecule has 1 amide bonds. The van der Waals surface area contributed by atoms with Crippen molar-refractivity contribution in [1.82, 2.24) is 4.90 Å². The van der Waals surface area contributed by atoms with Gasteiger partial charge < -0.3 is 4.90 Å². The lowest BCUT2D eigenvalue weighted by Gasteiger charge is -2.33. The second kappa shape index (κ2) is 7.23. The molecular formula is C16H21F3N2O3S. The lowest BCUT2D eigenvalue weighted by atomic mass is 10.0. The van der Waals surface area contributed by atoms with Gasteiger partial charge in [-0.3, -0.25) is 9.10 Å². The number of carbonyl (C=O) groups excluding carboxylic acids is 1. The third-order valence-corrected chi connectivity index (χ3v) is 5.29. The van der Waals surface area contributed by atoms with Gasteiger partial charge in [0.2, 0.25) is 15.9 Å². The van der Waals surface area contributed by atoms with Crippen LogP contribution < -0.4 is 4.31 Å². The van der Waals surface area contributed by atoms with E-state index in [0.717, 1.165) is 31.2 Å². The van der Waals surface area contributed by atoms with Crippen LogP contribution in [-0.2, 0) is 21.0 Å². The number of rotatable bonds is 4. The molecule has 1 aromatic rings. The van der Waals surface area contributed by atoms with E-state index in [9.17, 15) is 26.4 Å². The second-order valence-corrected chi connectivity index (χ2v) is 8.28. The zero-order chi connectivity index (χ0) is 18.8. The number of carbonyl (C=O) groups is 1.